The van der Waals surface area contributed by atoms with Gasteiger partial charge in [-0.25, -0.2) is 0 Å². The number of rotatable bonds is 6. The second-order valence-corrected chi connectivity index (χ2v) is 6.81. The number of benzene rings is 1. The predicted molar refractivity (Wildman–Crippen MR) is 95.2 cm³/mol. The summed E-state index contributed by atoms with van der Waals surface area (Å²) in [6.45, 7) is 0. The number of carbonyl (C=O) groups excluding carboxylic acids is 2. The second-order valence-electron chi connectivity index (χ2n) is 6.81. The molecule has 1 aliphatic carbocycles. The summed E-state index contributed by atoms with van der Waals surface area (Å²) in [4.78, 5) is 37.1. The van der Waals surface area contributed by atoms with Crippen LogP contribution in [0, 0.1) is 11.8 Å². The van der Waals surface area contributed by atoms with E-state index in [2.05, 4.69) is 5.32 Å². The van der Waals surface area contributed by atoms with Crippen molar-refractivity contribution in [3.63, 3.8) is 0 Å². The number of carboxylic acids is 1. The third-order valence-electron chi connectivity index (χ3n) is 4.74. The zero-order valence-electron chi connectivity index (χ0n) is 14.8. The van der Waals surface area contributed by atoms with Crippen LogP contribution in [0.4, 0.5) is 5.69 Å². The van der Waals surface area contributed by atoms with Gasteiger partial charge in [0.1, 0.15) is 0 Å². The molecule has 6 nitrogen and oxygen atoms in total. The van der Waals surface area contributed by atoms with E-state index in [0.29, 0.717) is 31.4 Å². The van der Waals surface area contributed by atoms with Gasteiger partial charge in [0.15, 0.2) is 0 Å². The number of anilines is 1. The van der Waals surface area contributed by atoms with Gasteiger partial charge in [-0.3, -0.25) is 14.4 Å². The van der Waals surface area contributed by atoms with E-state index in [1.807, 2.05) is 18.2 Å². The summed E-state index contributed by atoms with van der Waals surface area (Å²) in [7, 11) is 3.45. The lowest BCUT2D eigenvalue weighted by atomic mass is 9.78. The van der Waals surface area contributed by atoms with Gasteiger partial charge in [-0.05, 0) is 37.0 Å². The van der Waals surface area contributed by atoms with Crippen molar-refractivity contribution in [1.82, 2.24) is 4.90 Å². The van der Waals surface area contributed by atoms with E-state index in [-0.39, 0.29) is 11.8 Å². The molecule has 2 N–H and O–H groups in total. The number of hydrogen-bond acceptors (Lipinski definition) is 3. The van der Waals surface area contributed by atoms with Crippen LogP contribution in [0.1, 0.15) is 37.7 Å². The lowest BCUT2D eigenvalue weighted by Gasteiger charge is -2.27. The summed E-state index contributed by atoms with van der Waals surface area (Å²) in [5.74, 6) is -2.15. The second kappa shape index (κ2) is 8.65. The summed E-state index contributed by atoms with van der Waals surface area (Å²) >= 11 is 0. The molecular weight excluding hydrogens is 320 g/mol. The van der Waals surface area contributed by atoms with Crippen molar-refractivity contribution in [1.29, 1.82) is 0 Å². The molecule has 1 aliphatic rings. The Morgan fingerprint density at radius 2 is 1.84 bits per heavy atom. The molecule has 0 aromatic heterocycles. The van der Waals surface area contributed by atoms with Crippen LogP contribution >= 0.6 is 0 Å². The highest BCUT2D eigenvalue weighted by molar-refractivity contribution is 5.95. The topological polar surface area (TPSA) is 86.7 Å². The highest BCUT2D eigenvalue weighted by Crippen LogP contribution is 2.31. The molecule has 2 atom stereocenters. The monoisotopic (exact) mass is 346 g/mol. The average molecular weight is 346 g/mol. The van der Waals surface area contributed by atoms with Gasteiger partial charge in [0.05, 0.1) is 11.8 Å². The van der Waals surface area contributed by atoms with Gasteiger partial charge >= 0.3 is 5.97 Å². The maximum Gasteiger partial charge on any atom is 0.307 e. The number of carboxylic acid groups (broad SMARTS) is 1. The van der Waals surface area contributed by atoms with Crippen molar-refractivity contribution in [2.75, 3.05) is 19.4 Å². The van der Waals surface area contributed by atoms with Crippen molar-refractivity contribution in [3.05, 3.63) is 29.8 Å². The number of amides is 2. The molecule has 1 aromatic rings. The highest BCUT2D eigenvalue weighted by Gasteiger charge is 2.35. The van der Waals surface area contributed by atoms with Crippen LogP contribution < -0.4 is 5.32 Å². The Bertz CT molecular complexity index is 642. The molecule has 2 amide bonds. The maximum atomic E-state index is 12.5. The van der Waals surface area contributed by atoms with Crippen LogP contribution in [0.3, 0.4) is 0 Å². The number of hydrogen-bond donors (Lipinski definition) is 2. The van der Waals surface area contributed by atoms with Crippen LogP contribution in [0.25, 0.3) is 0 Å². The first-order valence-electron chi connectivity index (χ1n) is 8.71. The largest absolute Gasteiger partial charge is 0.481 e. The normalized spacial score (nSPS) is 19.9. The Kier molecular flexibility index (Phi) is 6.56. The molecule has 0 unspecified atom stereocenters. The third-order valence-corrected chi connectivity index (χ3v) is 4.74. The van der Waals surface area contributed by atoms with Crippen molar-refractivity contribution in [3.8, 4) is 0 Å². The van der Waals surface area contributed by atoms with E-state index >= 15 is 0 Å². The number of aliphatic carboxylic acids is 1. The minimum Gasteiger partial charge on any atom is -0.481 e. The molecule has 2 rings (SSSR count). The van der Waals surface area contributed by atoms with Crippen molar-refractivity contribution in [2.45, 2.75) is 38.5 Å². The highest BCUT2D eigenvalue weighted by atomic mass is 16.4. The zero-order chi connectivity index (χ0) is 18.4. The van der Waals surface area contributed by atoms with E-state index in [1.54, 1.807) is 25.1 Å². The predicted octanol–water partition coefficient (Wildman–Crippen LogP) is 2.54. The van der Waals surface area contributed by atoms with Crippen molar-refractivity contribution >= 4 is 23.5 Å². The van der Waals surface area contributed by atoms with Crippen LogP contribution in [0.2, 0.25) is 0 Å². The molecule has 0 spiro atoms. The van der Waals surface area contributed by atoms with Crippen LogP contribution in [-0.2, 0) is 20.8 Å². The van der Waals surface area contributed by atoms with Crippen LogP contribution in [-0.4, -0.2) is 41.9 Å². The van der Waals surface area contributed by atoms with E-state index in [4.69, 9.17) is 0 Å². The molecule has 136 valence electrons. The molecule has 0 radical (unpaired) electrons. The average Bonchev–Trinajstić information content (AvgIpc) is 2.59. The first-order valence-corrected chi connectivity index (χ1v) is 8.71. The molecule has 0 bridgehead atoms. The molecule has 0 saturated heterocycles. The van der Waals surface area contributed by atoms with Gasteiger partial charge < -0.3 is 15.3 Å². The van der Waals surface area contributed by atoms with Crippen molar-refractivity contribution < 1.29 is 19.5 Å². The van der Waals surface area contributed by atoms with Crippen LogP contribution in [0.5, 0.6) is 0 Å². The Hall–Kier alpha value is -2.37. The van der Waals surface area contributed by atoms with E-state index in [1.165, 1.54) is 0 Å². The summed E-state index contributed by atoms with van der Waals surface area (Å²) < 4.78 is 0. The standard InChI is InChI=1S/C19H26N2O4/c1-21(2)17(22)11-10-13-6-5-7-14(12-13)20-18(23)15-8-3-4-9-16(15)19(24)25/h5-7,12,15-16H,3-4,8-11H2,1-2H3,(H,20,23)(H,24,25)/t15-,16+/m0/s1. The summed E-state index contributed by atoms with van der Waals surface area (Å²) in [6, 6.07) is 7.38. The minimum atomic E-state index is -0.893. The lowest BCUT2D eigenvalue weighted by molar-refractivity contribution is -0.147. The maximum absolute atomic E-state index is 12.5. The fourth-order valence-electron chi connectivity index (χ4n) is 3.25. The Morgan fingerprint density at radius 1 is 1.16 bits per heavy atom. The Balaban J connectivity index is 1.99. The molecule has 1 fully saturated rings. The molecule has 0 aliphatic heterocycles. The Labute approximate surface area is 148 Å². The molecule has 1 saturated carbocycles. The lowest BCUT2D eigenvalue weighted by Crippen LogP contribution is -2.36. The third kappa shape index (κ3) is 5.31. The number of nitrogens with zero attached hydrogens (tertiary/aromatic N) is 1. The number of aryl methyl sites for hydroxylation is 1. The van der Waals surface area contributed by atoms with Gasteiger partial charge in [0, 0.05) is 26.2 Å². The quantitative estimate of drug-likeness (QED) is 0.829. The SMILES string of the molecule is CN(C)C(=O)CCc1cccc(NC(=O)[C@H]2CCCC[C@H]2C(=O)O)c1. The molecule has 25 heavy (non-hydrogen) atoms. The molecule has 1 aromatic carbocycles. The van der Waals surface area contributed by atoms with Crippen molar-refractivity contribution in [2.24, 2.45) is 11.8 Å². The van der Waals surface area contributed by atoms with Gasteiger partial charge in [0.25, 0.3) is 0 Å². The summed E-state index contributed by atoms with van der Waals surface area (Å²) in [5, 5.41) is 12.2. The number of nitrogens with one attached hydrogen (secondary N) is 1. The zero-order valence-corrected chi connectivity index (χ0v) is 14.8. The minimum absolute atomic E-state index is 0.0564. The fourth-order valence-corrected chi connectivity index (χ4v) is 3.25. The fraction of sp³-hybridized carbons (Fsp3) is 0.526. The number of carbonyl (C=O) groups is 3. The molecule has 6 heteroatoms. The Morgan fingerprint density at radius 3 is 2.48 bits per heavy atom. The first-order chi connectivity index (χ1) is 11.9. The molecular formula is C19H26N2O4. The first kappa shape index (κ1) is 19.0. The van der Waals surface area contributed by atoms with Gasteiger partial charge in [0.2, 0.25) is 11.8 Å². The molecule has 0 heterocycles. The summed E-state index contributed by atoms with van der Waals surface area (Å²) in [6.07, 6.45) is 3.92. The summed E-state index contributed by atoms with van der Waals surface area (Å²) in [5.41, 5.74) is 1.61. The van der Waals surface area contributed by atoms with Gasteiger partial charge in [-0.1, -0.05) is 25.0 Å². The smallest absolute Gasteiger partial charge is 0.307 e. The van der Waals surface area contributed by atoms with Gasteiger partial charge in [-0.15, -0.1) is 0 Å². The van der Waals surface area contributed by atoms with Crippen LogP contribution in [0.15, 0.2) is 24.3 Å². The van der Waals surface area contributed by atoms with Gasteiger partial charge in [-0.2, -0.15) is 0 Å². The van der Waals surface area contributed by atoms with E-state index < -0.39 is 17.8 Å². The van der Waals surface area contributed by atoms with E-state index in [0.717, 1.165) is 18.4 Å². The van der Waals surface area contributed by atoms with E-state index in [9.17, 15) is 19.5 Å².